The highest BCUT2D eigenvalue weighted by Crippen LogP contribution is 2.19. The van der Waals surface area contributed by atoms with Crippen LogP contribution in [0.5, 0.6) is 0 Å². The molecular formula is C23H44O8. The molecule has 6 N–H and O–H groups in total. The van der Waals surface area contributed by atoms with Crippen LogP contribution < -0.4 is 0 Å². The van der Waals surface area contributed by atoms with Crippen molar-refractivity contribution >= 4 is 0 Å². The Morgan fingerprint density at radius 2 is 1.00 bits per heavy atom. The highest BCUT2D eigenvalue weighted by Gasteiger charge is 2.32. The molecule has 0 fully saturated rings. The van der Waals surface area contributed by atoms with Crippen LogP contribution in [0, 0.1) is 10.8 Å². The molecule has 0 aliphatic carbocycles. The van der Waals surface area contributed by atoms with E-state index in [4.69, 9.17) is 40.1 Å². The fourth-order valence-corrected chi connectivity index (χ4v) is 2.20. The van der Waals surface area contributed by atoms with Crippen molar-refractivity contribution in [2.75, 3.05) is 66.1 Å². The first-order valence-electron chi connectivity index (χ1n) is 10.8. The van der Waals surface area contributed by atoms with Crippen LogP contribution in [0.2, 0.25) is 0 Å². The smallest absolute Gasteiger partial charge is 0.0629 e. The minimum atomic E-state index is -1.16. The van der Waals surface area contributed by atoms with E-state index in [-0.39, 0.29) is 13.2 Å². The first-order valence-corrected chi connectivity index (χ1v) is 10.8. The number of hydrogen-bond donors (Lipinski definition) is 6. The number of aryl methyl sites for hydroxylation is 1. The van der Waals surface area contributed by atoms with Gasteiger partial charge in [-0.1, -0.05) is 43.7 Å². The van der Waals surface area contributed by atoms with Crippen molar-refractivity contribution < 1.29 is 40.1 Å². The number of ether oxygens (including phenoxy) is 2. The van der Waals surface area contributed by atoms with Gasteiger partial charge >= 0.3 is 0 Å². The van der Waals surface area contributed by atoms with Crippen LogP contribution in [0.15, 0.2) is 30.3 Å². The Labute approximate surface area is 187 Å². The van der Waals surface area contributed by atoms with E-state index < -0.39 is 50.5 Å². The standard InChI is InChI=1S/C10H22O7.C9H12.C4H10O/c11-1-9(2-12,3-13)7-17-8-10(4-14,5-15)6-16;1-2-6-9-7-4-3-5-8-9;1-3-5-4-2/h11-16H,1-8H2;3-5,7-8H,2,6H2,1H3;3-4H2,1-2H3. The van der Waals surface area contributed by atoms with Crippen molar-refractivity contribution in [3.8, 4) is 0 Å². The molecule has 8 nitrogen and oxygen atoms in total. The number of benzene rings is 1. The molecule has 1 aromatic carbocycles. The maximum Gasteiger partial charge on any atom is 0.0629 e. The summed E-state index contributed by atoms with van der Waals surface area (Å²) in [6, 6.07) is 10.6. The number of aliphatic hydroxyl groups excluding tert-OH is 6. The van der Waals surface area contributed by atoms with Gasteiger partial charge in [-0.25, -0.2) is 0 Å². The third-order valence-corrected chi connectivity index (χ3v) is 4.62. The highest BCUT2D eigenvalue weighted by atomic mass is 16.5. The minimum Gasteiger partial charge on any atom is -0.396 e. The van der Waals surface area contributed by atoms with Crippen molar-refractivity contribution in [1.82, 2.24) is 0 Å². The molecule has 31 heavy (non-hydrogen) atoms. The summed E-state index contributed by atoms with van der Waals surface area (Å²) in [5.74, 6) is 0. The summed E-state index contributed by atoms with van der Waals surface area (Å²) in [5.41, 5.74) is -0.877. The van der Waals surface area contributed by atoms with Gasteiger partial charge in [-0.05, 0) is 25.8 Å². The van der Waals surface area contributed by atoms with Crippen molar-refractivity contribution in [2.24, 2.45) is 10.8 Å². The number of hydrogen-bond acceptors (Lipinski definition) is 8. The first kappa shape index (κ1) is 32.1. The van der Waals surface area contributed by atoms with Gasteiger partial charge in [0.15, 0.2) is 0 Å². The monoisotopic (exact) mass is 448 g/mol. The van der Waals surface area contributed by atoms with E-state index in [1.807, 2.05) is 13.8 Å². The highest BCUT2D eigenvalue weighted by molar-refractivity contribution is 5.14. The second kappa shape index (κ2) is 20.8. The first-order chi connectivity index (χ1) is 14.9. The molecular weight excluding hydrogens is 404 g/mol. The molecule has 0 aliphatic heterocycles. The fourth-order valence-electron chi connectivity index (χ4n) is 2.20. The van der Waals surface area contributed by atoms with Crippen molar-refractivity contribution in [3.63, 3.8) is 0 Å². The molecule has 1 rings (SSSR count). The largest absolute Gasteiger partial charge is 0.396 e. The molecule has 0 aliphatic rings. The van der Waals surface area contributed by atoms with Crippen LogP contribution in [-0.4, -0.2) is 96.7 Å². The minimum absolute atomic E-state index is 0.141. The van der Waals surface area contributed by atoms with Crippen LogP contribution in [0.3, 0.4) is 0 Å². The van der Waals surface area contributed by atoms with Crippen molar-refractivity contribution in [2.45, 2.75) is 33.6 Å². The average molecular weight is 449 g/mol. The van der Waals surface area contributed by atoms with Gasteiger partial charge in [0.1, 0.15) is 0 Å². The molecule has 0 amide bonds. The molecule has 0 spiro atoms. The normalized spacial score (nSPS) is 11.3. The Morgan fingerprint density at radius 3 is 1.26 bits per heavy atom. The van der Waals surface area contributed by atoms with Gasteiger partial charge in [0.05, 0.1) is 63.7 Å². The second-order valence-electron chi connectivity index (χ2n) is 7.46. The third kappa shape index (κ3) is 14.6. The van der Waals surface area contributed by atoms with Gasteiger partial charge in [0.25, 0.3) is 0 Å². The van der Waals surface area contributed by atoms with E-state index in [0.717, 1.165) is 13.2 Å². The summed E-state index contributed by atoms with van der Waals surface area (Å²) in [6.07, 6.45) is 2.45. The van der Waals surface area contributed by atoms with E-state index in [1.54, 1.807) is 0 Å². The third-order valence-electron chi connectivity index (χ3n) is 4.62. The zero-order valence-electron chi connectivity index (χ0n) is 19.4. The number of rotatable bonds is 14. The molecule has 0 saturated carbocycles. The topological polar surface area (TPSA) is 140 Å². The van der Waals surface area contributed by atoms with Gasteiger partial charge < -0.3 is 40.1 Å². The predicted molar refractivity (Wildman–Crippen MR) is 121 cm³/mol. The molecule has 0 bridgehead atoms. The summed E-state index contributed by atoms with van der Waals surface area (Å²) in [4.78, 5) is 0. The van der Waals surface area contributed by atoms with Crippen LogP contribution in [0.25, 0.3) is 0 Å². The molecule has 8 heteroatoms. The fraction of sp³-hybridized carbons (Fsp3) is 0.739. The molecule has 0 aromatic heterocycles. The van der Waals surface area contributed by atoms with Crippen molar-refractivity contribution in [1.29, 1.82) is 0 Å². The van der Waals surface area contributed by atoms with E-state index in [0.29, 0.717) is 0 Å². The lowest BCUT2D eigenvalue weighted by atomic mass is 9.91. The Balaban J connectivity index is 0. The van der Waals surface area contributed by atoms with Crippen LogP contribution >= 0.6 is 0 Å². The zero-order valence-corrected chi connectivity index (χ0v) is 19.4. The summed E-state index contributed by atoms with van der Waals surface area (Å²) in [5, 5.41) is 54.2. The summed E-state index contributed by atoms with van der Waals surface area (Å²) in [6.45, 7) is 4.86. The maximum atomic E-state index is 9.03. The van der Waals surface area contributed by atoms with E-state index in [2.05, 4.69) is 37.3 Å². The van der Waals surface area contributed by atoms with Gasteiger partial charge in [0, 0.05) is 13.2 Å². The van der Waals surface area contributed by atoms with Crippen LogP contribution in [0.4, 0.5) is 0 Å². The molecule has 0 saturated heterocycles. The quantitative estimate of drug-likeness (QED) is 0.243. The SMILES string of the molecule is CCCc1ccccc1.CCOCC.OCC(CO)(CO)COCC(CO)(CO)CO. The van der Waals surface area contributed by atoms with E-state index in [9.17, 15) is 0 Å². The lowest BCUT2D eigenvalue weighted by Gasteiger charge is -2.31. The van der Waals surface area contributed by atoms with Gasteiger partial charge in [0.2, 0.25) is 0 Å². The average Bonchev–Trinajstić information content (AvgIpc) is 2.82. The zero-order chi connectivity index (χ0) is 24.0. The molecule has 0 heterocycles. The van der Waals surface area contributed by atoms with Crippen molar-refractivity contribution in [3.05, 3.63) is 35.9 Å². The maximum absolute atomic E-state index is 9.03. The van der Waals surface area contributed by atoms with Gasteiger partial charge in [-0.3, -0.25) is 0 Å². The Hall–Kier alpha value is -1.10. The molecule has 0 radical (unpaired) electrons. The molecule has 184 valence electrons. The summed E-state index contributed by atoms with van der Waals surface area (Å²) in [7, 11) is 0. The lowest BCUT2D eigenvalue weighted by Crippen LogP contribution is -2.43. The molecule has 0 unspecified atom stereocenters. The Morgan fingerprint density at radius 1 is 0.613 bits per heavy atom. The van der Waals surface area contributed by atoms with Gasteiger partial charge in [-0.2, -0.15) is 0 Å². The predicted octanol–water partition coefficient (Wildman–Crippen LogP) is 0.611. The Kier molecular flexibility index (Phi) is 21.5. The second-order valence-corrected chi connectivity index (χ2v) is 7.46. The van der Waals surface area contributed by atoms with E-state index in [1.165, 1.54) is 18.4 Å². The Bertz CT molecular complexity index is 437. The van der Waals surface area contributed by atoms with E-state index >= 15 is 0 Å². The van der Waals surface area contributed by atoms with Gasteiger partial charge in [-0.15, -0.1) is 0 Å². The van der Waals surface area contributed by atoms with Crippen LogP contribution in [-0.2, 0) is 15.9 Å². The number of aliphatic hydroxyl groups is 6. The summed E-state index contributed by atoms with van der Waals surface area (Å²) < 4.78 is 9.98. The molecule has 0 atom stereocenters. The summed E-state index contributed by atoms with van der Waals surface area (Å²) >= 11 is 0. The lowest BCUT2D eigenvalue weighted by molar-refractivity contribution is -0.103. The molecule has 1 aromatic rings. The van der Waals surface area contributed by atoms with Crippen LogP contribution in [0.1, 0.15) is 32.8 Å².